The van der Waals surface area contributed by atoms with E-state index in [0.29, 0.717) is 6.54 Å². The highest BCUT2D eigenvalue weighted by Crippen LogP contribution is 2.10. The van der Waals surface area contributed by atoms with Gasteiger partial charge in [0.05, 0.1) is 0 Å². The summed E-state index contributed by atoms with van der Waals surface area (Å²) in [5, 5.41) is 9.39. The summed E-state index contributed by atoms with van der Waals surface area (Å²) in [7, 11) is 1.77. The second-order valence-electron chi connectivity index (χ2n) is 5.29. The molecule has 5 heteroatoms. The van der Waals surface area contributed by atoms with Gasteiger partial charge < -0.3 is 16.0 Å². The number of guanidine groups is 1. The normalized spacial score (nSPS) is 11.1. The van der Waals surface area contributed by atoms with Crippen LogP contribution in [0.4, 0.5) is 5.69 Å². The van der Waals surface area contributed by atoms with Crippen LogP contribution in [0.2, 0.25) is 0 Å². The fourth-order valence-electron chi connectivity index (χ4n) is 2.13. The SMILES string of the molecule is CCCCCCNC(=NC)NCc1cccc(NC(C)=O)c1. The molecule has 0 unspecified atom stereocenters. The van der Waals surface area contributed by atoms with Gasteiger partial charge in [0.15, 0.2) is 5.96 Å². The number of nitrogens with one attached hydrogen (secondary N) is 3. The van der Waals surface area contributed by atoms with Crippen LogP contribution in [0.25, 0.3) is 0 Å². The summed E-state index contributed by atoms with van der Waals surface area (Å²) in [6.45, 7) is 5.33. The second-order valence-corrected chi connectivity index (χ2v) is 5.29. The van der Waals surface area contributed by atoms with Gasteiger partial charge in [0.1, 0.15) is 0 Å². The summed E-state index contributed by atoms with van der Waals surface area (Å²) in [6.07, 6.45) is 4.94. The van der Waals surface area contributed by atoms with Crippen molar-refractivity contribution in [2.24, 2.45) is 4.99 Å². The number of nitrogens with zero attached hydrogens (tertiary/aromatic N) is 1. The number of benzene rings is 1. The van der Waals surface area contributed by atoms with E-state index >= 15 is 0 Å². The van der Waals surface area contributed by atoms with Crippen molar-refractivity contribution in [2.75, 3.05) is 18.9 Å². The molecule has 1 amide bonds. The van der Waals surface area contributed by atoms with E-state index in [4.69, 9.17) is 0 Å². The standard InChI is InChI=1S/C17H28N4O/c1-4-5-6-7-11-19-17(18-3)20-13-15-9-8-10-16(12-15)21-14(2)22/h8-10,12H,4-7,11,13H2,1-3H3,(H,21,22)(H2,18,19,20). The van der Waals surface area contributed by atoms with Gasteiger partial charge in [-0.3, -0.25) is 9.79 Å². The lowest BCUT2D eigenvalue weighted by Gasteiger charge is -2.12. The number of hydrogen-bond acceptors (Lipinski definition) is 2. The minimum Gasteiger partial charge on any atom is -0.356 e. The highest BCUT2D eigenvalue weighted by Gasteiger charge is 2.00. The molecule has 0 heterocycles. The van der Waals surface area contributed by atoms with E-state index in [0.717, 1.165) is 30.2 Å². The van der Waals surface area contributed by atoms with Crippen LogP contribution in [-0.2, 0) is 11.3 Å². The Kier molecular flexibility index (Phi) is 8.72. The van der Waals surface area contributed by atoms with E-state index in [9.17, 15) is 4.79 Å². The van der Waals surface area contributed by atoms with Crippen molar-refractivity contribution in [3.05, 3.63) is 29.8 Å². The smallest absolute Gasteiger partial charge is 0.221 e. The van der Waals surface area contributed by atoms with Crippen molar-refractivity contribution in [1.82, 2.24) is 10.6 Å². The first kappa shape index (κ1) is 18.0. The lowest BCUT2D eigenvalue weighted by molar-refractivity contribution is -0.114. The average Bonchev–Trinajstić information content (AvgIpc) is 2.50. The van der Waals surface area contributed by atoms with Gasteiger partial charge in [0.2, 0.25) is 5.91 Å². The molecule has 0 fully saturated rings. The number of hydrogen-bond donors (Lipinski definition) is 3. The molecule has 0 saturated carbocycles. The Morgan fingerprint density at radius 3 is 2.68 bits per heavy atom. The fraction of sp³-hybridized carbons (Fsp3) is 0.529. The molecule has 0 aliphatic rings. The molecule has 5 nitrogen and oxygen atoms in total. The quantitative estimate of drug-likeness (QED) is 0.393. The highest BCUT2D eigenvalue weighted by atomic mass is 16.1. The molecule has 1 rings (SSSR count). The molecule has 0 saturated heterocycles. The molecular weight excluding hydrogens is 276 g/mol. The lowest BCUT2D eigenvalue weighted by atomic mass is 10.2. The van der Waals surface area contributed by atoms with Crippen molar-refractivity contribution in [3.63, 3.8) is 0 Å². The van der Waals surface area contributed by atoms with E-state index < -0.39 is 0 Å². The third-order valence-electron chi connectivity index (χ3n) is 3.25. The highest BCUT2D eigenvalue weighted by molar-refractivity contribution is 5.88. The van der Waals surface area contributed by atoms with Crippen LogP contribution in [0.15, 0.2) is 29.3 Å². The van der Waals surface area contributed by atoms with Crippen LogP contribution >= 0.6 is 0 Å². The van der Waals surface area contributed by atoms with Crippen molar-refractivity contribution in [1.29, 1.82) is 0 Å². The lowest BCUT2D eigenvalue weighted by Crippen LogP contribution is -2.37. The van der Waals surface area contributed by atoms with Crippen LogP contribution in [-0.4, -0.2) is 25.5 Å². The summed E-state index contributed by atoms with van der Waals surface area (Å²) >= 11 is 0. The summed E-state index contributed by atoms with van der Waals surface area (Å²) in [5.74, 6) is 0.746. The number of aliphatic imine (C=N–C) groups is 1. The van der Waals surface area contributed by atoms with Crippen molar-refractivity contribution in [3.8, 4) is 0 Å². The maximum Gasteiger partial charge on any atom is 0.221 e. The maximum atomic E-state index is 11.1. The molecule has 1 aromatic rings. The monoisotopic (exact) mass is 304 g/mol. The Balaban J connectivity index is 2.38. The van der Waals surface area contributed by atoms with E-state index in [-0.39, 0.29) is 5.91 Å². The Hall–Kier alpha value is -2.04. The first-order valence-corrected chi connectivity index (χ1v) is 7.96. The summed E-state index contributed by atoms with van der Waals surface area (Å²) < 4.78 is 0. The van der Waals surface area contributed by atoms with Gasteiger partial charge in [-0.1, -0.05) is 38.3 Å². The topological polar surface area (TPSA) is 65.5 Å². The van der Waals surface area contributed by atoms with Gasteiger partial charge in [0.25, 0.3) is 0 Å². The van der Waals surface area contributed by atoms with E-state index in [1.807, 2.05) is 24.3 Å². The van der Waals surface area contributed by atoms with Crippen molar-refractivity contribution < 1.29 is 4.79 Å². The zero-order valence-electron chi connectivity index (χ0n) is 13.9. The predicted octanol–water partition coefficient (Wildman–Crippen LogP) is 2.89. The van der Waals surface area contributed by atoms with Gasteiger partial charge in [-0.05, 0) is 24.1 Å². The Morgan fingerprint density at radius 1 is 1.18 bits per heavy atom. The van der Waals surface area contributed by atoms with Gasteiger partial charge in [0, 0.05) is 32.7 Å². The van der Waals surface area contributed by atoms with Crippen LogP contribution in [0, 0.1) is 0 Å². The first-order valence-electron chi connectivity index (χ1n) is 7.96. The largest absolute Gasteiger partial charge is 0.356 e. The fourth-order valence-corrected chi connectivity index (χ4v) is 2.13. The number of carbonyl (C=O) groups excluding carboxylic acids is 1. The maximum absolute atomic E-state index is 11.1. The third-order valence-corrected chi connectivity index (χ3v) is 3.25. The minimum atomic E-state index is -0.0605. The number of unbranched alkanes of at least 4 members (excludes halogenated alkanes) is 3. The number of anilines is 1. The van der Waals surface area contributed by atoms with E-state index in [1.54, 1.807) is 7.05 Å². The summed E-state index contributed by atoms with van der Waals surface area (Å²) in [5.41, 5.74) is 1.91. The van der Waals surface area contributed by atoms with Gasteiger partial charge in [-0.25, -0.2) is 0 Å². The molecule has 22 heavy (non-hydrogen) atoms. The minimum absolute atomic E-state index is 0.0605. The van der Waals surface area contributed by atoms with Gasteiger partial charge in [-0.2, -0.15) is 0 Å². The molecule has 0 aliphatic carbocycles. The molecule has 0 bridgehead atoms. The number of carbonyl (C=O) groups is 1. The van der Waals surface area contributed by atoms with Crippen LogP contribution in [0.3, 0.4) is 0 Å². The number of amides is 1. The molecule has 0 aliphatic heterocycles. The zero-order chi connectivity index (χ0) is 16.2. The number of rotatable bonds is 8. The van der Waals surface area contributed by atoms with Crippen molar-refractivity contribution >= 4 is 17.6 Å². The van der Waals surface area contributed by atoms with E-state index in [2.05, 4.69) is 27.9 Å². The van der Waals surface area contributed by atoms with Crippen LogP contribution in [0.1, 0.15) is 45.1 Å². The average molecular weight is 304 g/mol. The molecule has 3 N–H and O–H groups in total. The molecule has 0 radical (unpaired) electrons. The van der Waals surface area contributed by atoms with Crippen LogP contribution in [0.5, 0.6) is 0 Å². The molecule has 0 aromatic heterocycles. The molecule has 0 spiro atoms. The second kappa shape index (κ2) is 10.7. The third kappa shape index (κ3) is 7.67. The molecular formula is C17H28N4O. The first-order chi connectivity index (χ1) is 10.7. The van der Waals surface area contributed by atoms with Gasteiger partial charge in [-0.15, -0.1) is 0 Å². The Labute approximate surface area is 133 Å². The molecule has 0 atom stereocenters. The summed E-state index contributed by atoms with van der Waals surface area (Å²) in [4.78, 5) is 15.3. The molecule has 1 aromatic carbocycles. The molecule has 122 valence electrons. The zero-order valence-corrected chi connectivity index (χ0v) is 13.9. The predicted molar refractivity (Wildman–Crippen MR) is 93.1 cm³/mol. The van der Waals surface area contributed by atoms with Crippen LogP contribution < -0.4 is 16.0 Å². The van der Waals surface area contributed by atoms with E-state index in [1.165, 1.54) is 26.2 Å². The Bertz CT molecular complexity index is 485. The van der Waals surface area contributed by atoms with Crippen molar-refractivity contribution in [2.45, 2.75) is 46.1 Å². The summed E-state index contributed by atoms with van der Waals surface area (Å²) in [6, 6.07) is 7.80. The van der Waals surface area contributed by atoms with Gasteiger partial charge >= 0.3 is 0 Å². The Morgan fingerprint density at radius 2 is 2.00 bits per heavy atom.